The number of alkyl halides is 4. The number of aliphatic imine (C=N–C) groups is 2. The molecule has 32 heavy (non-hydrogen) atoms. The highest BCUT2D eigenvalue weighted by Gasteiger charge is 2.34. The third-order valence-electron chi connectivity index (χ3n) is 4.25. The van der Waals surface area contributed by atoms with Crippen molar-refractivity contribution < 1.29 is 27.4 Å². The van der Waals surface area contributed by atoms with Crippen molar-refractivity contribution in [2.45, 2.75) is 19.0 Å². The molecule has 1 atom stereocenters. The third kappa shape index (κ3) is 7.23. The summed E-state index contributed by atoms with van der Waals surface area (Å²) in [6, 6.07) is 7.09. The van der Waals surface area contributed by atoms with Crippen LogP contribution >= 0.6 is 11.6 Å². The summed E-state index contributed by atoms with van der Waals surface area (Å²) in [7, 11) is 4.33. The maximum absolute atomic E-state index is 12.9. The van der Waals surface area contributed by atoms with Crippen LogP contribution in [-0.2, 0) is 27.5 Å². The van der Waals surface area contributed by atoms with Gasteiger partial charge >= 0.3 is 6.18 Å². The molecule has 7 nitrogen and oxygen atoms in total. The smallest absolute Gasteiger partial charge is 0.434 e. The molecule has 2 aromatic rings. The number of halogens is 4. The number of aromatic nitrogens is 2. The van der Waals surface area contributed by atoms with Gasteiger partial charge in [-0.2, -0.15) is 13.2 Å². The molecule has 174 valence electrons. The Bertz CT molecular complexity index is 954. The molecule has 1 unspecified atom stereocenters. The Morgan fingerprint density at radius 1 is 1.31 bits per heavy atom. The van der Waals surface area contributed by atoms with Gasteiger partial charge in [0.05, 0.1) is 26.1 Å². The maximum atomic E-state index is 12.9. The van der Waals surface area contributed by atoms with E-state index < -0.39 is 11.9 Å². The van der Waals surface area contributed by atoms with Crippen molar-refractivity contribution in [2.75, 3.05) is 20.2 Å². The zero-order chi connectivity index (χ0) is 24.3. The van der Waals surface area contributed by atoms with E-state index >= 15 is 0 Å². The minimum atomic E-state index is -4.49. The van der Waals surface area contributed by atoms with E-state index in [2.05, 4.69) is 26.4 Å². The van der Waals surface area contributed by atoms with Gasteiger partial charge < -0.3 is 14.0 Å². The van der Waals surface area contributed by atoms with Gasteiger partial charge in [0.15, 0.2) is 11.5 Å². The SMILES string of the molecule is C=N/C=C(OC)\C(=N/CCl)C(C)c1ccc(-c2nc(C(F)(F)F)cn2C)cc1.COC=O. The topological polar surface area (TPSA) is 78.1 Å². The molecular weight excluding hydrogens is 449 g/mol. The highest BCUT2D eigenvalue weighted by atomic mass is 35.5. The number of benzene rings is 1. The maximum Gasteiger partial charge on any atom is 0.434 e. The van der Waals surface area contributed by atoms with Crippen molar-refractivity contribution in [1.29, 1.82) is 0 Å². The molecule has 11 heteroatoms. The van der Waals surface area contributed by atoms with Crippen molar-refractivity contribution in [1.82, 2.24) is 9.55 Å². The molecule has 0 aliphatic carbocycles. The summed E-state index contributed by atoms with van der Waals surface area (Å²) in [5.41, 5.74) is 1.12. The molecule has 1 heterocycles. The van der Waals surface area contributed by atoms with E-state index in [9.17, 15) is 13.2 Å². The summed E-state index contributed by atoms with van der Waals surface area (Å²) >= 11 is 5.77. The highest BCUT2D eigenvalue weighted by molar-refractivity contribution is 6.19. The van der Waals surface area contributed by atoms with Gasteiger partial charge in [-0.1, -0.05) is 31.2 Å². The molecule has 0 amide bonds. The molecular formula is C21H24ClF3N4O3. The standard InChI is InChI=1S/C19H20ClF3N4O.C2H4O2/c1-12(17(25-11-20)15(28-4)9-24-2)13-5-7-14(8-6-13)18-26-16(10-27(18)3)19(21,22)23;1-4-2-3/h5-10,12H,2,11H2,1,3-4H3;2H,1H3/b15-9+,25-17-;. The van der Waals surface area contributed by atoms with E-state index in [0.717, 1.165) is 11.8 Å². The Morgan fingerprint density at radius 2 is 1.91 bits per heavy atom. The molecule has 0 aliphatic heterocycles. The molecule has 0 bridgehead atoms. The van der Waals surface area contributed by atoms with Crippen LogP contribution in [0.25, 0.3) is 11.4 Å². The first-order chi connectivity index (χ1) is 15.1. The fraction of sp³-hybridized carbons (Fsp3) is 0.333. The number of ether oxygens (including phenoxy) is 2. The highest BCUT2D eigenvalue weighted by Crippen LogP contribution is 2.31. The van der Waals surface area contributed by atoms with Crippen molar-refractivity contribution >= 4 is 30.5 Å². The summed E-state index contributed by atoms with van der Waals surface area (Å²) < 4.78 is 49.1. The van der Waals surface area contributed by atoms with Crippen LogP contribution < -0.4 is 0 Å². The second-order valence-electron chi connectivity index (χ2n) is 6.28. The van der Waals surface area contributed by atoms with E-state index in [1.165, 1.54) is 32.0 Å². The lowest BCUT2D eigenvalue weighted by atomic mass is 9.94. The van der Waals surface area contributed by atoms with E-state index in [1.807, 2.05) is 6.92 Å². The van der Waals surface area contributed by atoms with E-state index in [0.29, 0.717) is 23.5 Å². The Morgan fingerprint density at radius 3 is 2.31 bits per heavy atom. The Balaban J connectivity index is 0.00000118. The summed E-state index contributed by atoms with van der Waals surface area (Å²) in [5.74, 6) is 0.480. The molecule has 0 saturated carbocycles. The first-order valence-electron chi connectivity index (χ1n) is 9.12. The Labute approximate surface area is 189 Å². The second-order valence-corrected chi connectivity index (χ2v) is 6.52. The van der Waals surface area contributed by atoms with Crippen LogP contribution in [0.3, 0.4) is 0 Å². The second kappa shape index (κ2) is 12.7. The van der Waals surface area contributed by atoms with Crippen molar-refractivity contribution in [3.63, 3.8) is 0 Å². The minimum Gasteiger partial charge on any atom is -0.493 e. The first-order valence-corrected chi connectivity index (χ1v) is 9.65. The van der Waals surface area contributed by atoms with Gasteiger partial charge in [0.1, 0.15) is 11.8 Å². The van der Waals surface area contributed by atoms with Crippen LogP contribution in [0.15, 0.2) is 52.4 Å². The molecule has 1 aromatic heterocycles. The number of rotatable bonds is 8. The quantitative estimate of drug-likeness (QED) is 0.181. The summed E-state index contributed by atoms with van der Waals surface area (Å²) in [5, 5.41) is 0. The van der Waals surface area contributed by atoms with Gasteiger partial charge in [-0.3, -0.25) is 14.8 Å². The molecule has 0 saturated heterocycles. The average molecular weight is 473 g/mol. The summed E-state index contributed by atoms with van der Waals surface area (Å²) in [4.78, 5) is 20.6. The fourth-order valence-corrected chi connectivity index (χ4v) is 2.88. The number of hydrogen-bond acceptors (Lipinski definition) is 6. The molecule has 1 aromatic carbocycles. The van der Waals surface area contributed by atoms with Gasteiger partial charge in [0.25, 0.3) is 6.47 Å². The van der Waals surface area contributed by atoms with Gasteiger partial charge in [-0.25, -0.2) is 4.98 Å². The van der Waals surface area contributed by atoms with Crippen LogP contribution in [0.5, 0.6) is 0 Å². The zero-order valence-electron chi connectivity index (χ0n) is 18.1. The number of hydrogen-bond donors (Lipinski definition) is 0. The average Bonchev–Trinajstić information content (AvgIpc) is 3.18. The zero-order valence-corrected chi connectivity index (χ0v) is 18.8. The fourth-order valence-electron chi connectivity index (χ4n) is 2.75. The summed E-state index contributed by atoms with van der Waals surface area (Å²) in [6.45, 7) is 5.70. The van der Waals surface area contributed by atoms with Gasteiger partial charge in [0, 0.05) is 24.7 Å². The lowest BCUT2D eigenvalue weighted by molar-refractivity contribution is -0.140. The molecule has 0 N–H and O–H groups in total. The van der Waals surface area contributed by atoms with Gasteiger partial charge in [-0.15, -0.1) is 11.6 Å². The number of methoxy groups -OCH3 is 2. The number of aryl methyl sites for hydroxylation is 1. The molecule has 2 rings (SSSR count). The number of carbonyl (C=O) groups excluding carboxylic acids is 1. The lowest BCUT2D eigenvalue weighted by Crippen LogP contribution is -2.14. The number of carbonyl (C=O) groups is 1. The molecule has 0 aliphatic rings. The van der Waals surface area contributed by atoms with Crippen LogP contribution in [0.2, 0.25) is 0 Å². The number of imidazole rings is 1. The third-order valence-corrected chi connectivity index (χ3v) is 4.37. The summed E-state index contributed by atoms with van der Waals surface area (Å²) in [6.07, 6.45) is -2.07. The Kier molecular flexibility index (Phi) is 10.6. The van der Waals surface area contributed by atoms with Crippen LogP contribution in [-0.4, -0.2) is 48.7 Å². The lowest BCUT2D eigenvalue weighted by Gasteiger charge is -2.17. The van der Waals surface area contributed by atoms with Crippen LogP contribution in [0.1, 0.15) is 24.1 Å². The van der Waals surface area contributed by atoms with Crippen LogP contribution in [0, 0.1) is 0 Å². The largest absolute Gasteiger partial charge is 0.493 e. The minimum absolute atomic E-state index is 0.0447. The normalized spacial score (nSPS) is 13.0. The molecule has 0 spiro atoms. The first kappa shape index (κ1) is 26.9. The predicted molar refractivity (Wildman–Crippen MR) is 118 cm³/mol. The molecule has 0 radical (unpaired) electrons. The van der Waals surface area contributed by atoms with Crippen molar-refractivity contribution in [2.24, 2.45) is 17.0 Å². The van der Waals surface area contributed by atoms with Crippen LogP contribution in [0.4, 0.5) is 13.2 Å². The monoisotopic (exact) mass is 472 g/mol. The number of allylic oxidation sites excluding steroid dienone is 1. The number of nitrogens with zero attached hydrogens (tertiary/aromatic N) is 4. The van der Waals surface area contributed by atoms with Crippen molar-refractivity contribution in [3.8, 4) is 11.4 Å². The van der Waals surface area contributed by atoms with E-state index in [-0.39, 0.29) is 17.7 Å². The predicted octanol–water partition coefficient (Wildman–Crippen LogP) is 4.82. The molecule has 0 fully saturated rings. The van der Waals surface area contributed by atoms with E-state index in [4.69, 9.17) is 21.1 Å². The van der Waals surface area contributed by atoms with E-state index in [1.54, 1.807) is 24.3 Å². The van der Waals surface area contributed by atoms with Gasteiger partial charge in [0.2, 0.25) is 0 Å². The Hall–Kier alpha value is -3.14. The van der Waals surface area contributed by atoms with Crippen molar-refractivity contribution in [3.05, 3.63) is 53.7 Å². The van der Waals surface area contributed by atoms with Gasteiger partial charge in [-0.05, 0) is 12.3 Å².